The van der Waals surface area contributed by atoms with Crippen LogP contribution in [0.3, 0.4) is 0 Å². The van der Waals surface area contributed by atoms with E-state index in [-0.39, 0.29) is 17.0 Å². The third kappa shape index (κ3) is 4.20. The molecule has 0 saturated carbocycles. The molecule has 0 atom stereocenters. The van der Waals surface area contributed by atoms with Crippen molar-refractivity contribution in [3.05, 3.63) is 87.2 Å². The Morgan fingerprint density at radius 1 is 0.967 bits per heavy atom. The van der Waals surface area contributed by atoms with Crippen molar-refractivity contribution >= 4 is 41.1 Å². The van der Waals surface area contributed by atoms with Gasteiger partial charge in [-0.05, 0) is 53.4 Å². The number of cyclic esters (lactones) is 1. The highest BCUT2D eigenvalue weighted by Crippen LogP contribution is 2.32. The normalized spacial score (nSPS) is 15.4. The first-order valence-electron chi connectivity index (χ1n) is 9.39. The Kier molecular flexibility index (Phi) is 5.31. The Labute approximate surface area is 184 Å². The molecule has 2 aromatic carbocycles. The van der Waals surface area contributed by atoms with Gasteiger partial charge in [0.15, 0.2) is 5.70 Å². The molecule has 3 aromatic rings. The van der Waals surface area contributed by atoms with Gasteiger partial charge in [0, 0.05) is 22.2 Å². The zero-order valence-corrected chi connectivity index (χ0v) is 18.2. The minimum absolute atomic E-state index is 0.0434. The van der Waals surface area contributed by atoms with Crippen molar-refractivity contribution in [2.24, 2.45) is 4.99 Å². The van der Waals surface area contributed by atoms with E-state index in [2.05, 4.69) is 25.8 Å². The molecule has 0 radical (unpaired) electrons. The van der Waals surface area contributed by atoms with Gasteiger partial charge in [-0.2, -0.15) is 0 Å². The molecule has 0 aliphatic carbocycles. The standard InChI is InChI=1S/C24H19Cl2NO3/c1-24(2,3)15-6-4-14(5-7-15)22-27-20(23(28)30-22)13-17-9-11-21(29-17)18-10-8-16(25)12-19(18)26/h4-13H,1-3H3/b20-13-. The van der Waals surface area contributed by atoms with Gasteiger partial charge < -0.3 is 9.15 Å². The van der Waals surface area contributed by atoms with Gasteiger partial charge in [-0.25, -0.2) is 9.79 Å². The maximum Gasteiger partial charge on any atom is 0.363 e. The first kappa shape index (κ1) is 20.5. The summed E-state index contributed by atoms with van der Waals surface area (Å²) in [6, 6.07) is 16.5. The molecule has 6 heteroatoms. The molecular weight excluding hydrogens is 421 g/mol. The lowest BCUT2D eigenvalue weighted by Crippen LogP contribution is -2.11. The van der Waals surface area contributed by atoms with Crippen LogP contribution in [0.1, 0.15) is 37.7 Å². The van der Waals surface area contributed by atoms with Crippen LogP contribution >= 0.6 is 23.2 Å². The van der Waals surface area contributed by atoms with Crippen LogP contribution in [-0.4, -0.2) is 11.9 Å². The molecular formula is C24H19Cl2NO3. The predicted octanol–water partition coefficient (Wildman–Crippen LogP) is 6.90. The predicted molar refractivity (Wildman–Crippen MR) is 120 cm³/mol. The zero-order valence-electron chi connectivity index (χ0n) is 16.7. The van der Waals surface area contributed by atoms with E-state index in [1.54, 1.807) is 36.4 Å². The number of aliphatic imine (C=N–C) groups is 1. The van der Waals surface area contributed by atoms with Gasteiger partial charge in [-0.3, -0.25) is 0 Å². The highest BCUT2D eigenvalue weighted by Gasteiger charge is 2.25. The lowest BCUT2D eigenvalue weighted by atomic mass is 9.87. The molecule has 1 aliphatic heterocycles. The van der Waals surface area contributed by atoms with Gasteiger partial charge in [0.2, 0.25) is 5.90 Å². The molecule has 4 rings (SSSR count). The number of benzene rings is 2. The minimum atomic E-state index is -0.521. The summed E-state index contributed by atoms with van der Waals surface area (Å²) in [5.74, 6) is 0.791. The average Bonchev–Trinajstić information content (AvgIpc) is 3.28. The Bertz CT molecular complexity index is 1180. The zero-order chi connectivity index (χ0) is 21.5. The van der Waals surface area contributed by atoms with E-state index in [0.717, 1.165) is 5.56 Å². The smallest absolute Gasteiger partial charge is 0.363 e. The van der Waals surface area contributed by atoms with Crippen LogP contribution in [0.15, 0.2) is 69.7 Å². The highest BCUT2D eigenvalue weighted by molar-refractivity contribution is 6.36. The largest absolute Gasteiger partial charge is 0.457 e. The van der Waals surface area contributed by atoms with Crippen LogP contribution < -0.4 is 0 Å². The number of halogens is 2. The summed E-state index contributed by atoms with van der Waals surface area (Å²) in [5, 5.41) is 1.03. The molecule has 0 fully saturated rings. The topological polar surface area (TPSA) is 51.8 Å². The number of carbonyl (C=O) groups excluding carboxylic acids is 1. The number of ether oxygens (including phenoxy) is 1. The summed E-state index contributed by atoms with van der Waals surface area (Å²) in [7, 11) is 0. The molecule has 1 aromatic heterocycles. The van der Waals surface area contributed by atoms with Crippen molar-refractivity contribution in [2.45, 2.75) is 26.2 Å². The third-order valence-corrected chi connectivity index (χ3v) is 5.27. The number of hydrogen-bond donors (Lipinski definition) is 0. The Hall–Kier alpha value is -2.82. The lowest BCUT2D eigenvalue weighted by molar-refractivity contribution is -0.129. The van der Waals surface area contributed by atoms with Crippen LogP contribution in [0.5, 0.6) is 0 Å². The van der Waals surface area contributed by atoms with Crippen LogP contribution in [0, 0.1) is 0 Å². The fourth-order valence-corrected chi connectivity index (χ4v) is 3.55. The first-order chi connectivity index (χ1) is 14.2. The Morgan fingerprint density at radius 3 is 2.37 bits per heavy atom. The van der Waals surface area contributed by atoms with Gasteiger partial charge in [-0.1, -0.05) is 56.1 Å². The SMILES string of the molecule is CC(C)(C)c1ccc(C2=N/C(=C\c3ccc(-c4ccc(Cl)cc4Cl)o3)C(=O)O2)cc1. The average molecular weight is 440 g/mol. The van der Waals surface area contributed by atoms with Crippen molar-refractivity contribution < 1.29 is 13.9 Å². The van der Waals surface area contributed by atoms with Crippen LogP contribution in [0.4, 0.5) is 0 Å². The molecule has 4 nitrogen and oxygen atoms in total. The summed E-state index contributed by atoms with van der Waals surface area (Å²) >= 11 is 12.2. The van der Waals surface area contributed by atoms with Crippen LogP contribution in [-0.2, 0) is 14.9 Å². The summed E-state index contributed by atoms with van der Waals surface area (Å²) in [5.41, 5.74) is 2.86. The van der Waals surface area contributed by atoms with Gasteiger partial charge >= 0.3 is 5.97 Å². The van der Waals surface area contributed by atoms with Crippen molar-refractivity contribution in [2.75, 3.05) is 0 Å². The fourth-order valence-electron chi connectivity index (χ4n) is 3.04. The molecule has 0 unspecified atom stereocenters. The van der Waals surface area contributed by atoms with Crippen LogP contribution in [0.2, 0.25) is 10.0 Å². The molecule has 0 bridgehead atoms. The highest BCUT2D eigenvalue weighted by atomic mass is 35.5. The maximum atomic E-state index is 12.3. The van der Waals surface area contributed by atoms with Crippen LogP contribution in [0.25, 0.3) is 17.4 Å². The van der Waals surface area contributed by atoms with E-state index in [1.165, 1.54) is 5.56 Å². The molecule has 1 aliphatic rings. The maximum absolute atomic E-state index is 12.3. The van der Waals surface area contributed by atoms with Gasteiger partial charge in [0.1, 0.15) is 11.5 Å². The first-order valence-corrected chi connectivity index (χ1v) is 10.1. The van der Waals surface area contributed by atoms with Crippen molar-refractivity contribution in [3.8, 4) is 11.3 Å². The second-order valence-electron chi connectivity index (χ2n) is 7.99. The van der Waals surface area contributed by atoms with E-state index in [0.29, 0.717) is 27.1 Å². The third-order valence-electron chi connectivity index (χ3n) is 4.72. The lowest BCUT2D eigenvalue weighted by Gasteiger charge is -2.18. The molecule has 0 amide bonds. The van der Waals surface area contributed by atoms with E-state index in [1.807, 2.05) is 24.3 Å². The second kappa shape index (κ2) is 7.78. The van der Waals surface area contributed by atoms with E-state index in [9.17, 15) is 4.79 Å². The Morgan fingerprint density at radius 2 is 1.70 bits per heavy atom. The molecule has 2 heterocycles. The number of esters is 1. The Balaban J connectivity index is 1.59. The van der Waals surface area contributed by atoms with Gasteiger partial charge in [-0.15, -0.1) is 0 Å². The van der Waals surface area contributed by atoms with Gasteiger partial charge in [0.25, 0.3) is 0 Å². The quantitative estimate of drug-likeness (QED) is 0.329. The fraction of sp³-hybridized carbons (Fsp3) is 0.167. The number of nitrogens with zero attached hydrogens (tertiary/aromatic N) is 1. The molecule has 152 valence electrons. The van der Waals surface area contributed by atoms with Crippen molar-refractivity contribution in [1.82, 2.24) is 0 Å². The monoisotopic (exact) mass is 439 g/mol. The van der Waals surface area contributed by atoms with E-state index >= 15 is 0 Å². The molecule has 0 saturated heterocycles. The van der Waals surface area contributed by atoms with Crippen molar-refractivity contribution in [3.63, 3.8) is 0 Å². The van der Waals surface area contributed by atoms with Crippen molar-refractivity contribution in [1.29, 1.82) is 0 Å². The second-order valence-corrected chi connectivity index (χ2v) is 8.83. The molecule has 30 heavy (non-hydrogen) atoms. The van der Waals surface area contributed by atoms with E-state index in [4.69, 9.17) is 32.4 Å². The summed E-state index contributed by atoms with van der Waals surface area (Å²) in [6.45, 7) is 6.43. The molecule has 0 N–H and O–H groups in total. The molecule has 0 spiro atoms. The summed E-state index contributed by atoms with van der Waals surface area (Å²) in [6.07, 6.45) is 1.55. The number of furan rings is 1. The van der Waals surface area contributed by atoms with Gasteiger partial charge in [0.05, 0.1) is 5.02 Å². The summed E-state index contributed by atoms with van der Waals surface area (Å²) in [4.78, 5) is 16.6. The number of carbonyl (C=O) groups is 1. The van der Waals surface area contributed by atoms with E-state index < -0.39 is 5.97 Å². The minimum Gasteiger partial charge on any atom is -0.457 e. The summed E-state index contributed by atoms with van der Waals surface area (Å²) < 4.78 is 11.2. The number of hydrogen-bond acceptors (Lipinski definition) is 4. The number of rotatable bonds is 3.